The first-order chi connectivity index (χ1) is 40.9. The molecule has 0 radical (unpaired) electrons. The molecule has 2 aromatic rings. The van der Waals surface area contributed by atoms with Gasteiger partial charge < -0.3 is 16.4 Å². The van der Waals surface area contributed by atoms with Crippen molar-refractivity contribution in [2.45, 2.75) is 136 Å². The van der Waals surface area contributed by atoms with Crippen molar-refractivity contribution in [2.24, 2.45) is 28.4 Å². The number of piperidine rings is 4. The maximum Gasteiger partial charge on any atom is 0.279 e. The van der Waals surface area contributed by atoms with Gasteiger partial charge in [-0.05, 0) is 168 Å². The number of hydrogen-bond acceptors (Lipinski definition) is 10. The zero-order chi connectivity index (χ0) is 63.1. The van der Waals surface area contributed by atoms with Gasteiger partial charge in [-0.2, -0.15) is 12.7 Å². The third-order valence-electron chi connectivity index (χ3n) is 17.1. The minimum atomic E-state index is -3.43. The number of likely N-dealkylation sites (tertiary alicyclic amines) is 1. The summed E-state index contributed by atoms with van der Waals surface area (Å²) in [6, 6.07) is 9.59. The lowest BCUT2D eigenvalue weighted by atomic mass is 9.74. The van der Waals surface area contributed by atoms with E-state index in [-0.39, 0.29) is 33.6 Å². The van der Waals surface area contributed by atoms with Gasteiger partial charge in [-0.1, -0.05) is 117 Å². The second-order valence-corrected chi connectivity index (χ2v) is 30.7. The monoisotopic (exact) mass is 1360 g/mol. The normalized spacial score (nSPS) is 20.9. The second kappa shape index (κ2) is 35.9. The Labute approximate surface area is 539 Å². The first-order valence-corrected chi connectivity index (χ1v) is 36.3. The van der Waals surface area contributed by atoms with E-state index in [9.17, 15) is 39.8 Å². The lowest BCUT2D eigenvalue weighted by molar-refractivity contribution is -0.118. The van der Waals surface area contributed by atoms with Crippen molar-refractivity contribution in [3.63, 3.8) is 0 Å². The third kappa shape index (κ3) is 23.3. The molecule has 8 rings (SSSR count). The number of aldehydes is 1. The van der Waals surface area contributed by atoms with Crippen LogP contribution in [0.4, 0.5) is 4.39 Å². The van der Waals surface area contributed by atoms with Crippen LogP contribution in [0.5, 0.6) is 0 Å². The van der Waals surface area contributed by atoms with E-state index in [1.165, 1.54) is 67.1 Å². The zero-order valence-electron chi connectivity index (χ0n) is 50.3. The Morgan fingerprint density at radius 2 is 1.30 bits per heavy atom. The molecule has 4 saturated heterocycles. The fraction of sp³-hybridized carbons (Fsp3) is 0.650. The molecule has 17 nitrogen and oxygen atoms in total. The van der Waals surface area contributed by atoms with Gasteiger partial charge in [0.2, 0.25) is 15.9 Å². The lowest BCUT2D eigenvalue weighted by Gasteiger charge is -2.50. The Hall–Kier alpha value is -2.58. The number of allylic oxidation sites excluding steroid dienone is 4. The van der Waals surface area contributed by atoms with E-state index in [4.69, 9.17) is 63.7 Å². The molecule has 6 fully saturated rings. The van der Waals surface area contributed by atoms with E-state index in [0.717, 1.165) is 77.3 Å². The molecule has 1 unspecified atom stereocenters. The first-order valence-electron chi connectivity index (χ1n) is 30.2. The highest BCUT2D eigenvalue weighted by atomic mass is 35.5. The summed E-state index contributed by atoms with van der Waals surface area (Å²) >= 11 is 28.4. The quantitative estimate of drug-likeness (QED) is 0.0380. The number of rotatable bonds is 24. The number of hydrogen-bond donors (Lipinski definition) is 5. The molecule has 6 N–H and O–H groups in total. The van der Waals surface area contributed by atoms with Crippen LogP contribution < -0.4 is 25.8 Å². The highest BCUT2D eigenvalue weighted by Gasteiger charge is 2.44. The Bertz CT molecular complexity index is 2870. The number of benzene rings is 2. The van der Waals surface area contributed by atoms with Crippen LogP contribution in [0, 0.1) is 22.7 Å². The van der Waals surface area contributed by atoms with Crippen molar-refractivity contribution in [2.75, 3.05) is 90.8 Å². The summed E-state index contributed by atoms with van der Waals surface area (Å²) in [6.45, 7) is 15.9. The van der Waals surface area contributed by atoms with Crippen LogP contribution in [0.2, 0.25) is 20.1 Å². The van der Waals surface area contributed by atoms with Crippen molar-refractivity contribution in [3.05, 3.63) is 103 Å². The molecule has 2 aliphatic carbocycles. The molecule has 2 amide bonds. The van der Waals surface area contributed by atoms with Crippen LogP contribution in [-0.2, 0) is 36.2 Å². The molecule has 6 aliphatic rings. The summed E-state index contributed by atoms with van der Waals surface area (Å²) in [5.41, 5.74) is 7.22. The van der Waals surface area contributed by atoms with Gasteiger partial charge >= 0.3 is 0 Å². The van der Waals surface area contributed by atoms with Gasteiger partial charge in [0.25, 0.3) is 16.1 Å². The SMILES string of the molecule is CCCS(=O)(=O)N1CCC(CNC(=O)c2ccc(Cl)cc2Cl)(N2CCCCC2)CC1.CCNS(=O)(=O)N1CCC(CNC(=O)/C(C)=C(Cl)/C=C\C=C\F)(CC2CC2)CC1.CCNS(=O)N1CCC(CN)(CC2CC2)CC1.O=Cc1ccc(Cl)cc1Cl. The number of sulfonamides is 1. The number of carbonyl (C=O) groups excluding carboxylic acids is 3. The van der Waals surface area contributed by atoms with Gasteiger partial charge in [0, 0.05) is 97.2 Å². The average Bonchev–Trinajstić information content (AvgIpc) is 1.70. The lowest BCUT2D eigenvalue weighted by Crippen LogP contribution is -2.62. The highest BCUT2D eigenvalue weighted by molar-refractivity contribution is 7.89. The molecule has 0 bridgehead atoms. The summed E-state index contributed by atoms with van der Waals surface area (Å²) in [5, 5.41) is 8.05. The molecule has 484 valence electrons. The van der Waals surface area contributed by atoms with Gasteiger partial charge in [-0.15, -0.1) is 0 Å². The summed E-state index contributed by atoms with van der Waals surface area (Å²) in [6.07, 6.45) is 21.8. The number of nitrogens with zero attached hydrogens (tertiary/aromatic N) is 4. The predicted octanol–water partition coefficient (Wildman–Crippen LogP) is 11.0. The van der Waals surface area contributed by atoms with E-state index >= 15 is 0 Å². The molecule has 86 heavy (non-hydrogen) atoms. The average molecular weight is 1360 g/mol. The molecule has 4 aliphatic heterocycles. The highest BCUT2D eigenvalue weighted by Crippen LogP contribution is 2.47. The maximum absolute atomic E-state index is 12.8. The fourth-order valence-electron chi connectivity index (χ4n) is 11.6. The van der Waals surface area contributed by atoms with Crippen LogP contribution in [-0.4, -0.2) is 153 Å². The minimum Gasteiger partial charge on any atom is -0.352 e. The van der Waals surface area contributed by atoms with Gasteiger partial charge in [0.1, 0.15) is 0 Å². The number of carbonyl (C=O) groups is 3. The Morgan fingerprint density at radius 3 is 1.83 bits per heavy atom. The molecule has 4 heterocycles. The number of amides is 2. The van der Waals surface area contributed by atoms with Crippen LogP contribution in [0.3, 0.4) is 0 Å². The van der Waals surface area contributed by atoms with Crippen LogP contribution in [0.25, 0.3) is 0 Å². The zero-order valence-corrected chi connectivity index (χ0v) is 56.6. The molecular weight excluding hydrogens is 1270 g/mol. The topological polar surface area (TPSA) is 224 Å². The van der Waals surface area contributed by atoms with Crippen LogP contribution >= 0.6 is 58.0 Å². The Morgan fingerprint density at radius 1 is 0.733 bits per heavy atom. The van der Waals surface area contributed by atoms with Crippen molar-refractivity contribution >= 4 is 108 Å². The molecular formula is C60H91Cl5FN9O8S3. The Balaban J connectivity index is 0.000000224. The van der Waals surface area contributed by atoms with Gasteiger partial charge in [0.15, 0.2) is 17.5 Å². The van der Waals surface area contributed by atoms with E-state index in [2.05, 4.69) is 25.0 Å². The van der Waals surface area contributed by atoms with E-state index in [1.807, 2.05) is 18.2 Å². The number of nitrogens with two attached hydrogens (primary N) is 1. The standard InChI is InChI=1S/C21H31Cl2N3O3S.C20H31ClFN3O3S.C12H25N3OS.C7H4Cl2O/c1-2-14-30(28,29)26-12-8-21(9-13-26,25-10-4-3-5-11-25)16-24-20(27)18-7-6-17(22)15-19(18)23;1-3-24-29(27,28)25-12-9-20(10-13-25,14-17-7-8-17)15-23-19(26)16(2)18(21)6-4-5-11-22;1-2-14-17(16)15-7-5-12(10-13,6-8-15)9-11-3-4-11;8-6-2-1-5(4-10)7(9)3-6/h6-7,15H,2-5,8-14,16H2,1H3,(H,24,27);4-6,11,17,24H,3,7-10,12-15H2,1-2H3,(H,23,26);11,14H,2-10,13H2,1H3;1-4H/b;6-4-,11-5+,18-16-;;. The third-order valence-corrected chi connectivity index (χ3v) is 23.8. The van der Waals surface area contributed by atoms with Crippen LogP contribution in [0.1, 0.15) is 151 Å². The summed E-state index contributed by atoms with van der Waals surface area (Å²) < 4.78 is 84.1. The fourth-order valence-corrected chi connectivity index (χ4v) is 16.4. The summed E-state index contributed by atoms with van der Waals surface area (Å²) in [5.74, 6) is 1.30. The number of nitrogens with one attached hydrogen (secondary N) is 4. The molecule has 2 aromatic carbocycles. The summed E-state index contributed by atoms with van der Waals surface area (Å²) in [4.78, 5) is 38.0. The largest absolute Gasteiger partial charge is 0.352 e. The van der Waals surface area contributed by atoms with Crippen molar-refractivity contribution < 1.29 is 39.8 Å². The molecule has 0 spiro atoms. The molecule has 26 heteroatoms. The molecule has 0 aromatic heterocycles. The van der Waals surface area contributed by atoms with E-state index in [1.54, 1.807) is 48.5 Å². The van der Waals surface area contributed by atoms with Crippen LogP contribution in [0.15, 0.2) is 71.6 Å². The maximum atomic E-state index is 12.8. The van der Waals surface area contributed by atoms with Gasteiger partial charge in [-0.3, -0.25) is 19.3 Å². The first kappa shape index (κ1) is 74.2. The van der Waals surface area contributed by atoms with Crippen molar-refractivity contribution in [1.29, 1.82) is 0 Å². The van der Waals surface area contributed by atoms with Gasteiger partial charge in [-0.25, -0.2) is 35.1 Å². The van der Waals surface area contributed by atoms with E-state index in [0.29, 0.717) is 139 Å². The van der Waals surface area contributed by atoms with Crippen molar-refractivity contribution in [1.82, 2.24) is 37.9 Å². The second-order valence-electron chi connectivity index (χ2n) is 23.5. The summed E-state index contributed by atoms with van der Waals surface area (Å²) in [7, 11) is -6.63. The predicted molar refractivity (Wildman–Crippen MR) is 349 cm³/mol. The Kier molecular flexibility index (Phi) is 30.9. The smallest absolute Gasteiger partial charge is 0.279 e. The van der Waals surface area contributed by atoms with E-state index < -0.39 is 31.4 Å². The number of halogens is 6. The van der Waals surface area contributed by atoms with Gasteiger partial charge in [0.05, 0.1) is 27.7 Å². The van der Waals surface area contributed by atoms with Crippen molar-refractivity contribution in [3.8, 4) is 0 Å². The minimum absolute atomic E-state index is 0.103. The molecule has 1 atom stereocenters. The molecule has 2 saturated carbocycles.